The van der Waals surface area contributed by atoms with Crippen molar-refractivity contribution in [3.05, 3.63) is 80.0 Å². The summed E-state index contributed by atoms with van der Waals surface area (Å²) in [5.41, 5.74) is 1.77. The van der Waals surface area contributed by atoms with Crippen LogP contribution in [0.1, 0.15) is 20.8 Å². The number of hydrogen-bond donors (Lipinski definition) is 1. The highest BCUT2D eigenvalue weighted by molar-refractivity contribution is 7.20. The predicted octanol–water partition coefficient (Wildman–Crippen LogP) is 5.21. The van der Waals surface area contributed by atoms with E-state index in [-0.39, 0.29) is 10.0 Å². The minimum atomic E-state index is -1.07. The number of carboxylic acid groups (broad SMARTS) is 1. The van der Waals surface area contributed by atoms with Crippen molar-refractivity contribution in [2.45, 2.75) is 13.8 Å². The molecule has 0 aliphatic carbocycles. The van der Waals surface area contributed by atoms with E-state index in [1.165, 1.54) is 4.57 Å². The number of para-hydroxylation sites is 1. The van der Waals surface area contributed by atoms with Crippen LogP contribution in [-0.4, -0.2) is 20.6 Å². The highest BCUT2D eigenvalue weighted by Crippen LogP contribution is 2.33. The number of nitrogens with zero attached hydrogens (tertiary/aromatic N) is 2. The smallest absolute Gasteiger partial charge is 0.346 e. The molecule has 29 heavy (non-hydrogen) atoms. The predicted molar refractivity (Wildman–Crippen MR) is 113 cm³/mol. The molecule has 0 bridgehead atoms. The van der Waals surface area contributed by atoms with Gasteiger partial charge < -0.3 is 9.84 Å². The highest BCUT2D eigenvalue weighted by Gasteiger charge is 2.22. The Morgan fingerprint density at radius 1 is 1.17 bits per heavy atom. The first-order chi connectivity index (χ1) is 13.9. The lowest BCUT2D eigenvalue weighted by Gasteiger charge is -2.13. The Balaban J connectivity index is 1.95. The molecule has 8 heteroatoms. The lowest BCUT2D eigenvalue weighted by atomic mass is 10.2. The molecule has 2 heterocycles. The maximum Gasteiger partial charge on any atom is 0.346 e. The molecule has 1 N–H and O–H groups in total. The van der Waals surface area contributed by atoms with Gasteiger partial charge in [-0.3, -0.25) is 9.36 Å². The third-order valence-corrected chi connectivity index (χ3v) is 5.90. The summed E-state index contributed by atoms with van der Waals surface area (Å²) >= 11 is 7.06. The second kappa shape index (κ2) is 7.35. The van der Waals surface area contributed by atoms with Crippen LogP contribution in [-0.2, 0) is 0 Å². The van der Waals surface area contributed by atoms with Crippen molar-refractivity contribution in [3.8, 4) is 17.2 Å². The number of rotatable bonds is 4. The fraction of sp³-hybridized carbons (Fsp3) is 0.0952. The first-order valence-corrected chi connectivity index (χ1v) is 9.85. The van der Waals surface area contributed by atoms with Crippen molar-refractivity contribution >= 4 is 39.3 Å². The number of benzene rings is 2. The summed E-state index contributed by atoms with van der Waals surface area (Å²) in [6.45, 7) is 3.56. The zero-order valence-corrected chi connectivity index (χ0v) is 17.0. The fourth-order valence-electron chi connectivity index (χ4n) is 3.06. The van der Waals surface area contributed by atoms with E-state index in [0.29, 0.717) is 33.1 Å². The lowest BCUT2D eigenvalue weighted by Crippen LogP contribution is -2.20. The summed E-state index contributed by atoms with van der Waals surface area (Å²) in [7, 11) is 0. The molecule has 0 fully saturated rings. The monoisotopic (exact) mass is 426 g/mol. The molecule has 0 radical (unpaired) electrons. The van der Waals surface area contributed by atoms with Crippen molar-refractivity contribution < 1.29 is 14.6 Å². The number of fused-ring (bicyclic) bond motifs is 1. The normalized spacial score (nSPS) is 11.0. The molecule has 0 unspecified atom stereocenters. The quantitative estimate of drug-likeness (QED) is 0.484. The molecule has 4 aromatic rings. The second-order valence-corrected chi connectivity index (χ2v) is 7.78. The van der Waals surface area contributed by atoms with Gasteiger partial charge in [0.05, 0.1) is 11.2 Å². The third-order valence-electron chi connectivity index (χ3n) is 4.50. The average Bonchev–Trinajstić information content (AvgIpc) is 3.02. The molecular formula is C21H15ClN2O4S. The summed E-state index contributed by atoms with van der Waals surface area (Å²) in [5, 5.41) is 9.23. The Morgan fingerprint density at radius 2 is 1.90 bits per heavy atom. The molecule has 0 saturated carbocycles. The molecule has 0 spiro atoms. The number of carbonyl (C=O) groups is 1. The van der Waals surface area contributed by atoms with Gasteiger partial charge in [-0.25, -0.2) is 9.78 Å². The minimum Gasteiger partial charge on any atom is -0.477 e. The van der Waals surface area contributed by atoms with E-state index < -0.39 is 11.5 Å². The standard InChI is InChI=1S/C21H15ClN2O4S/c1-11-8-9-13(10-15(11)28-14-6-4-3-5-7-14)24-16-12(2)17(21(26)27)29-19(16)23-18(22)20(24)25/h3-10H,1-2H3,(H,26,27). The van der Waals surface area contributed by atoms with Gasteiger partial charge in [0.1, 0.15) is 21.2 Å². The van der Waals surface area contributed by atoms with Crippen LogP contribution < -0.4 is 10.3 Å². The number of aromatic nitrogens is 2. The fourth-order valence-corrected chi connectivity index (χ4v) is 4.29. The van der Waals surface area contributed by atoms with E-state index in [1.807, 2.05) is 43.3 Å². The Kier molecular flexibility index (Phi) is 4.86. The Labute approximate surface area is 174 Å². The molecule has 4 rings (SSSR count). The molecule has 0 aliphatic rings. The van der Waals surface area contributed by atoms with E-state index >= 15 is 0 Å². The molecular weight excluding hydrogens is 412 g/mol. The van der Waals surface area contributed by atoms with Crippen molar-refractivity contribution in [2.75, 3.05) is 0 Å². The van der Waals surface area contributed by atoms with Gasteiger partial charge in [0.2, 0.25) is 0 Å². The Hall–Kier alpha value is -3.16. The zero-order valence-electron chi connectivity index (χ0n) is 15.5. The highest BCUT2D eigenvalue weighted by atomic mass is 35.5. The number of ether oxygens (including phenoxy) is 1. The van der Waals surface area contributed by atoms with Gasteiger partial charge in [-0.1, -0.05) is 35.9 Å². The Morgan fingerprint density at radius 3 is 2.59 bits per heavy atom. The van der Waals surface area contributed by atoms with Crippen LogP contribution in [0, 0.1) is 13.8 Å². The first-order valence-electron chi connectivity index (χ1n) is 8.65. The molecule has 6 nitrogen and oxygen atoms in total. The van der Waals surface area contributed by atoms with Gasteiger partial charge in [0.25, 0.3) is 5.56 Å². The van der Waals surface area contributed by atoms with Crippen LogP contribution in [0.3, 0.4) is 0 Å². The van der Waals surface area contributed by atoms with Gasteiger partial charge in [-0.15, -0.1) is 11.3 Å². The summed E-state index contributed by atoms with van der Waals surface area (Å²) in [6, 6.07) is 14.6. The van der Waals surface area contributed by atoms with Crippen molar-refractivity contribution in [1.29, 1.82) is 0 Å². The number of carboxylic acids is 1. The number of aromatic carboxylic acids is 1. The van der Waals surface area contributed by atoms with Crippen molar-refractivity contribution in [1.82, 2.24) is 9.55 Å². The maximum absolute atomic E-state index is 12.9. The summed E-state index contributed by atoms with van der Waals surface area (Å²) < 4.78 is 7.36. The third kappa shape index (κ3) is 3.39. The maximum atomic E-state index is 12.9. The SMILES string of the molecule is Cc1ccc(-n2c(=O)c(Cl)nc3sc(C(=O)O)c(C)c32)cc1Oc1ccccc1. The molecule has 0 aliphatic heterocycles. The number of thiophene rings is 1. The topological polar surface area (TPSA) is 81.4 Å². The van der Waals surface area contributed by atoms with Crippen LogP contribution in [0.15, 0.2) is 53.3 Å². The summed E-state index contributed by atoms with van der Waals surface area (Å²) in [5.74, 6) is 0.170. The molecule has 0 atom stereocenters. The first kappa shape index (κ1) is 19.2. The lowest BCUT2D eigenvalue weighted by molar-refractivity contribution is 0.0701. The van der Waals surface area contributed by atoms with Gasteiger partial charge in [0.15, 0.2) is 5.15 Å². The van der Waals surface area contributed by atoms with Crippen LogP contribution in [0.5, 0.6) is 11.5 Å². The molecule has 0 saturated heterocycles. The number of aryl methyl sites for hydroxylation is 2. The van der Waals surface area contributed by atoms with E-state index in [4.69, 9.17) is 16.3 Å². The van der Waals surface area contributed by atoms with E-state index in [0.717, 1.165) is 16.9 Å². The van der Waals surface area contributed by atoms with Crippen molar-refractivity contribution in [3.63, 3.8) is 0 Å². The summed E-state index contributed by atoms with van der Waals surface area (Å²) in [4.78, 5) is 29.0. The molecule has 2 aromatic carbocycles. The molecule has 2 aromatic heterocycles. The van der Waals surface area contributed by atoms with Crippen LogP contribution in [0.4, 0.5) is 0 Å². The van der Waals surface area contributed by atoms with Crippen LogP contribution in [0.2, 0.25) is 5.15 Å². The van der Waals surface area contributed by atoms with Gasteiger partial charge >= 0.3 is 5.97 Å². The largest absolute Gasteiger partial charge is 0.477 e. The van der Waals surface area contributed by atoms with E-state index in [1.54, 1.807) is 19.1 Å². The number of halogens is 1. The molecule has 146 valence electrons. The van der Waals surface area contributed by atoms with Crippen LogP contribution in [0.25, 0.3) is 16.0 Å². The second-order valence-electron chi connectivity index (χ2n) is 6.42. The Bertz CT molecular complexity index is 1310. The van der Waals surface area contributed by atoms with Crippen molar-refractivity contribution in [2.24, 2.45) is 0 Å². The van der Waals surface area contributed by atoms with Gasteiger partial charge in [-0.05, 0) is 37.6 Å². The molecule has 0 amide bonds. The zero-order chi connectivity index (χ0) is 20.7. The average molecular weight is 427 g/mol. The van der Waals surface area contributed by atoms with E-state index in [9.17, 15) is 14.7 Å². The van der Waals surface area contributed by atoms with Gasteiger partial charge in [0, 0.05) is 11.6 Å². The summed E-state index contributed by atoms with van der Waals surface area (Å²) in [6.07, 6.45) is 0. The van der Waals surface area contributed by atoms with Crippen LogP contribution >= 0.6 is 22.9 Å². The number of hydrogen-bond acceptors (Lipinski definition) is 5. The minimum absolute atomic E-state index is 0.121. The van der Waals surface area contributed by atoms with E-state index in [2.05, 4.69) is 4.98 Å². The van der Waals surface area contributed by atoms with Gasteiger partial charge in [-0.2, -0.15) is 0 Å².